The maximum Gasteiger partial charge on any atom is 0.418 e. The van der Waals surface area contributed by atoms with Crippen LogP contribution in [0.5, 0.6) is 0 Å². The Morgan fingerprint density at radius 3 is 2.46 bits per heavy atom. The summed E-state index contributed by atoms with van der Waals surface area (Å²) >= 11 is 0. The predicted octanol–water partition coefficient (Wildman–Crippen LogP) is 2.88. The van der Waals surface area contributed by atoms with Crippen LogP contribution in [-0.4, -0.2) is 43.6 Å². The van der Waals surface area contributed by atoms with E-state index < -0.39 is 17.5 Å². The Labute approximate surface area is 136 Å². The molecule has 1 aromatic carbocycles. The van der Waals surface area contributed by atoms with Crippen LogP contribution in [0.2, 0.25) is 0 Å². The highest BCUT2D eigenvalue weighted by molar-refractivity contribution is 5.77. The van der Waals surface area contributed by atoms with Gasteiger partial charge in [0.05, 0.1) is 18.8 Å². The first-order chi connectivity index (χ1) is 11.4. The third kappa shape index (κ3) is 3.41. The molecule has 1 aromatic rings. The first-order valence-corrected chi connectivity index (χ1v) is 7.60. The van der Waals surface area contributed by atoms with Crippen LogP contribution in [0.4, 0.5) is 24.5 Å². The second-order valence-corrected chi connectivity index (χ2v) is 5.71. The third-order valence-electron chi connectivity index (χ3n) is 4.27. The Kier molecular flexibility index (Phi) is 4.55. The Hall–Kier alpha value is -2.00. The molecule has 0 unspecified atom stereocenters. The first kappa shape index (κ1) is 16.8. The van der Waals surface area contributed by atoms with Gasteiger partial charge in [-0.05, 0) is 18.2 Å². The Morgan fingerprint density at radius 1 is 1.21 bits per heavy atom. The predicted molar refractivity (Wildman–Crippen MR) is 81.4 cm³/mol. The molecule has 2 heterocycles. The number of anilines is 2. The first-order valence-electron chi connectivity index (χ1n) is 7.60. The molecule has 2 aliphatic rings. The minimum atomic E-state index is -4.49. The van der Waals surface area contributed by atoms with E-state index in [0.717, 1.165) is 12.4 Å². The second kappa shape index (κ2) is 6.48. The lowest BCUT2D eigenvalue weighted by atomic mass is 10.0. The molecule has 0 amide bonds. The van der Waals surface area contributed by atoms with Crippen LogP contribution < -0.4 is 10.2 Å². The highest BCUT2D eigenvalue weighted by Crippen LogP contribution is 2.41. The Morgan fingerprint density at radius 2 is 1.88 bits per heavy atom. The van der Waals surface area contributed by atoms with Gasteiger partial charge in [0, 0.05) is 37.3 Å². The minimum Gasteiger partial charge on any atom is -0.410 e. The van der Waals surface area contributed by atoms with E-state index in [9.17, 15) is 13.2 Å². The molecule has 24 heavy (non-hydrogen) atoms. The second-order valence-electron chi connectivity index (χ2n) is 5.71. The summed E-state index contributed by atoms with van der Waals surface area (Å²) in [6.07, 6.45) is -2.52. The molecule has 2 aliphatic heterocycles. The van der Waals surface area contributed by atoms with E-state index in [-0.39, 0.29) is 11.4 Å². The molecule has 1 spiro atoms. The number of oxime groups is 1. The lowest BCUT2D eigenvalue weighted by Crippen LogP contribution is -2.45. The minimum absolute atomic E-state index is 0.127. The molecular weight excluding hydrogens is 327 g/mol. The van der Waals surface area contributed by atoms with Crippen molar-refractivity contribution >= 4 is 17.7 Å². The zero-order valence-corrected chi connectivity index (χ0v) is 12.8. The largest absolute Gasteiger partial charge is 0.418 e. The maximum atomic E-state index is 13.4. The number of alkyl halides is 3. The van der Waals surface area contributed by atoms with Crippen molar-refractivity contribution in [3.8, 4) is 0 Å². The molecule has 0 atom stereocenters. The van der Waals surface area contributed by atoms with Crippen molar-refractivity contribution in [2.24, 2.45) is 5.16 Å². The summed E-state index contributed by atoms with van der Waals surface area (Å²) in [5.74, 6) is -0.631. The summed E-state index contributed by atoms with van der Waals surface area (Å²) in [5.41, 5.74) is -0.412. The van der Waals surface area contributed by atoms with Gasteiger partial charge < -0.3 is 24.9 Å². The fourth-order valence-electron chi connectivity index (χ4n) is 3.11. The zero-order valence-electron chi connectivity index (χ0n) is 12.8. The van der Waals surface area contributed by atoms with Gasteiger partial charge in [0.1, 0.15) is 6.34 Å². The van der Waals surface area contributed by atoms with Crippen LogP contribution in [0.1, 0.15) is 18.4 Å². The van der Waals surface area contributed by atoms with Crippen LogP contribution in [-0.2, 0) is 15.7 Å². The van der Waals surface area contributed by atoms with Gasteiger partial charge in [0.2, 0.25) is 0 Å². The van der Waals surface area contributed by atoms with Crippen molar-refractivity contribution < 1.29 is 27.9 Å². The third-order valence-corrected chi connectivity index (χ3v) is 4.27. The lowest BCUT2D eigenvalue weighted by Gasteiger charge is -2.39. The lowest BCUT2D eigenvalue weighted by molar-refractivity contribution is -0.169. The van der Waals surface area contributed by atoms with Crippen LogP contribution in [0.3, 0.4) is 0 Å². The van der Waals surface area contributed by atoms with Crippen LogP contribution in [0.25, 0.3) is 0 Å². The SMILES string of the molecule is O/N=C/Nc1ccc(N2CCC3(CC2)OCCO3)c(C(F)(F)F)c1. The molecule has 2 fully saturated rings. The number of hydrogen-bond donors (Lipinski definition) is 2. The van der Waals surface area contributed by atoms with E-state index in [1.165, 1.54) is 12.1 Å². The van der Waals surface area contributed by atoms with Crippen molar-refractivity contribution in [2.45, 2.75) is 24.8 Å². The molecule has 2 N–H and O–H groups in total. The highest BCUT2D eigenvalue weighted by Gasteiger charge is 2.42. The van der Waals surface area contributed by atoms with Gasteiger partial charge in [-0.2, -0.15) is 13.2 Å². The van der Waals surface area contributed by atoms with Crippen LogP contribution >= 0.6 is 0 Å². The van der Waals surface area contributed by atoms with E-state index in [0.29, 0.717) is 39.1 Å². The number of halogens is 3. The maximum absolute atomic E-state index is 13.4. The average molecular weight is 345 g/mol. The number of hydrogen-bond acceptors (Lipinski definition) is 5. The topological polar surface area (TPSA) is 66.3 Å². The normalized spacial score (nSPS) is 20.9. The van der Waals surface area contributed by atoms with Gasteiger partial charge in [0.15, 0.2) is 5.79 Å². The van der Waals surface area contributed by atoms with Crippen LogP contribution in [0.15, 0.2) is 23.4 Å². The molecule has 0 bridgehead atoms. The van der Waals surface area contributed by atoms with Crippen molar-refractivity contribution in [1.82, 2.24) is 0 Å². The van der Waals surface area contributed by atoms with Gasteiger partial charge in [-0.15, -0.1) is 0 Å². The van der Waals surface area contributed by atoms with E-state index in [1.807, 2.05) is 0 Å². The van der Waals surface area contributed by atoms with Gasteiger partial charge >= 0.3 is 6.18 Å². The summed E-state index contributed by atoms with van der Waals surface area (Å²) in [5, 5.41) is 13.6. The summed E-state index contributed by atoms with van der Waals surface area (Å²) in [6, 6.07) is 3.94. The molecule has 9 heteroatoms. The van der Waals surface area contributed by atoms with Gasteiger partial charge in [-0.25, -0.2) is 0 Å². The van der Waals surface area contributed by atoms with Gasteiger partial charge in [-0.1, -0.05) is 5.16 Å². The molecule has 0 saturated carbocycles. The molecule has 0 aliphatic carbocycles. The number of benzene rings is 1. The molecule has 2 saturated heterocycles. The van der Waals surface area contributed by atoms with Gasteiger partial charge in [-0.3, -0.25) is 0 Å². The fraction of sp³-hybridized carbons (Fsp3) is 0.533. The fourth-order valence-corrected chi connectivity index (χ4v) is 3.11. The highest BCUT2D eigenvalue weighted by atomic mass is 19.4. The van der Waals surface area contributed by atoms with E-state index >= 15 is 0 Å². The number of piperidine rings is 1. The number of ether oxygens (including phenoxy) is 2. The monoisotopic (exact) mass is 345 g/mol. The van der Waals surface area contributed by atoms with Crippen molar-refractivity contribution in [3.63, 3.8) is 0 Å². The average Bonchev–Trinajstić information content (AvgIpc) is 3.01. The van der Waals surface area contributed by atoms with Crippen molar-refractivity contribution in [3.05, 3.63) is 23.8 Å². The molecule has 6 nitrogen and oxygen atoms in total. The van der Waals surface area contributed by atoms with E-state index in [2.05, 4.69) is 10.5 Å². The summed E-state index contributed by atoms with van der Waals surface area (Å²) < 4.78 is 51.5. The molecule has 0 aromatic heterocycles. The Bertz CT molecular complexity index is 606. The van der Waals surface area contributed by atoms with Gasteiger partial charge in [0.25, 0.3) is 0 Å². The van der Waals surface area contributed by atoms with Crippen molar-refractivity contribution in [2.75, 3.05) is 36.5 Å². The number of rotatable bonds is 3. The quantitative estimate of drug-likeness (QED) is 0.382. The van der Waals surface area contributed by atoms with E-state index in [4.69, 9.17) is 14.7 Å². The smallest absolute Gasteiger partial charge is 0.410 e. The van der Waals surface area contributed by atoms with Crippen molar-refractivity contribution in [1.29, 1.82) is 0 Å². The van der Waals surface area contributed by atoms with E-state index in [1.54, 1.807) is 4.90 Å². The summed E-state index contributed by atoms with van der Waals surface area (Å²) in [6.45, 7) is 1.91. The van der Waals surface area contributed by atoms with Crippen LogP contribution in [0, 0.1) is 0 Å². The standard InChI is InChI=1S/C15H18F3N3O3/c16-15(17,18)12-9-11(19-10-20-22)1-2-13(12)21-5-3-14(4-6-21)23-7-8-24-14/h1-2,9-10,22H,3-8H2,(H,19,20). The summed E-state index contributed by atoms with van der Waals surface area (Å²) in [4.78, 5) is 1.70. The molecular formula is C15H18F3N3O3. The summed E-state index contributed by atoms with van der Waals surface area (Å²) in [7, 11) is 0. The number of nitrogens with zero attached hydrogens (tertiary/aromatic N) is 2. The Balaban J connectivity index is 1.82. The molecule has 3 rings (SSSR count). The molecule has 0 radical (unpaired) electrons. The zero-order chi connectivity index (χ0) is 17.2. The number of nitrogens with one attached hydrogen (secondary N) is 1. The molecule has 132 valence electrons.